The first-order valence-corrected chi connectivity index (χ1v) is 16.3. The number of nitrogens with zero attached hydrogens (tertiary/aromatic N) is 1. The van der Waals surface area contributed by atoms with Crippen molar-refractivity contribution in [2.45, 2.75) is 135 Å². The Labute approximate surface area is 263 Å². The van der Waals surface area contributed by atoms with Crippen LogP contribution in [0.4, 0.5) is 0 Å². The van der Waals surface area contributed by atoms with Gasteiger partial charge in [-0.2, -0.15) is 0 Å². The zero-order valence-electron chi connectivity index (χ0n) is 28.4. The number of esters is 1. The molecule has 2 bridgehead atoms. The van der Waals surface area contributed by atoms with E-state index in [-0.39, 0.29) is 43.1 Å². The molecule has 44 heavy (non-hydrogen) atoms. The molecule has 0 spiro atoms. The van der Waals surface area contributed by atoms with Crippen molar-refractivity contribution in [1.82, 2.24) is 10.2 Å². The monoisotopic (exact) mass is 626 g/mol. The fourth-order valence-electron chi connectivity index (χ4n) is 7.16. The summed E-state index contributed by atoms with van der Waals surface area (Å²) in [5, 5.41) is 26.7. The van der Waals surface area contributed by atoms with Crippen molar-refractivity contribution in [2.75, 3.05) is 33.9 Å². The fourth-order valence-corrected chi connectivity index (χ4v) is 7.16. The predicted molar refractivity (Wildman–Crippen MR) is 166 cm³/mol. The minimum atomic E-state index is -1.55. The van der Waals surface area contributed by atoms with Crippen molar-refractivity contribution in [3.8, 4) is 0 Å². The Balaban J connectivity index is 2.13. The zero-order chi connectivity index (χ0) is 33.0. The number of ether oxygens (including phenoxy) is 5. The molecule has 0 saturated carbocycles. The van der Waals surface area contributed by atoms with E-state index in [1.54, 1.807) is 13.8 Å². The van der Waals surface area contributed by atoms with Gasteiger partial charge in [-0.15, -0.1) is 0 Å². The van der Waals surface area contributed by atoms with Crippen molar-refractivity contribution in [3.05, 3.63) is 12.2 Å². The number of aliphatic hydroxyl groups is 2. The van der Waals surface area contributed by atoms with Gasteiger partial charge in [-0.1, -0.05) is 32.9 Å². The van der Waals surface area contributed by atoms with Crippen LogP contribution in [0.3, 0.4) is 0 Å². The average molecular weight is 627 g/mol. The molecule has 254 valence electrons. The molecule has 1 unspecified atom stereocenters. The summed E-state index contributed by atoms with van der Waals surface area (Å²) in [6.45, 7) is 15.6. The largest absolute Gasteiger partial charge is 0.459 e. The molecule has 0 amide bonds. The molecule has 3 N–H and O–H groups in total. The standard InChI is InChI=1S/C33H58N2O9/c1-11-25-33(8,39)29-23(6)34-18-19(2)17-32(7,41-15-13-12-14-40-29)28(21(4)26(36)22(5)30(38)43-25)44-31-27(37)24(35(9)10)16-20(3)42-31/h12-13,19-25,27-29,31,34,37,39H,11,14-18H2,1-10H3/b13-12-/t19-,20-,21+,22?,23-,24+,25-,27-,28-,29-,31+,32-,33-/m1/s1. The third-order valence-electron chi connectivity index (χ3n) is 9.74. The van der Waals surface area contributed by atoms with E-state index < -0.39 is 59.7 Å². The number of fused-ring (bicyclic) bond motifs is 6. The summed E-state index contributed by atoms with van der Waals surface area (Å²) in [5.41, 5.74) is -2.57. The summed E-state index contributed by atoms with van der Waals surface area (Å²) in [6, 6.07) is -0.508. The lowest BCUT2D eigenvalue weighted by Crippen LogP contribution is -2.60. The van der Waals surface area contributed by atoms with Crippen molar-refractivity contribution < 1.29 is 43.5 Å². The molecular weight excluding hydrogens is 568 g/mol. The Morgan fingerprint density at radius 3 is 2.39 bits per heavy atom. The number of rotatable bonds is 4. The van der Waals surface area contributed by atoms with Crippen molar-refractivity contribution in [3.63, 3.8) is 0 Å². The Kier molecular flexibility index (Phi) is 13.0. The summed E-state index contributed by atoms with van der Waals surface area (Å²) in [5.74, 6) is -3.03. The second-order valence-electron chi connectivity index (χ2n) is 14.0. The molecule has 3 aliphatic heterocycles. The normalized spacial score (nSPS) is 46.2. The van der Waals surface area contributed by atoms with E-state index in [9.17, 15) is 19.8 Å². The molecule has 0 radical (unpaired) electrons. The van der Waals surface area contributed by atoms with Gasteiger partial charge in [0.05, 0.1) is 31.0 Å². The molecular formula is C33H58N2O9. The second kappa shape index (κ2) is 15.4. The molecule has 2 saturated heterocycles. The van der Waals surface area contributed by atoms with E-state index >= 15 is 0 Å². The number of likely N-dealkylation sites (N-methyl/N-ethyl adjacent to an activating group) is 1. The number of aliphatic hydroxyl groups excluding tert-OH is 1. The van der Waals surface area contributed by atoms with E-state index in [1.165, 1.54) is 6.92 Å². The van der Waals surface area contributed by atoms with Crippen LogP contribution in [0, 0.1) is 17.8 Å². The average Bonchev–Trinajstić information content (AvgIpc) is 2.96. The fraction of sp³-hybridized carbons (Fsp3) is 0.879. The molecule has 0 aromatic carbocycles. The van der Waals surface area contributed by atoms with Gasteiger partial charge in [0.25, 0.3) is 0 Å². The highest BCUT2D eigenvalue weighted by molar-refractivity contribution is 6.00. The number of carbonyl (C=O) groups is 2. The van der Waals surface area contributed by atoms with Gasteiger partial charge in [-0.05, 0) is 80.4 Å². The summed E-state index contributed by atoms with van der Waals surface area (Å²) in [7, 11) is 3.81. The van der Waals surface area contributed by atoms with Crippen LogP contribution in [0.15, 0.2) is 12.2 Å². The van der Waals surface area contributed by atoms with Crippen LogP contribution in [0.25, 0.3) is 0 Å². The van der Waals surface area contributed by atoms with Crippen molar-refractivity contribution >= 4 is 11.8 Å². The summed E-state index contributed by atoms with van der Waals surface area (Å²) in [6.07, 6.45) is 0.460. The Morgan fingerprint density at radius 1 is 1.09 bits per heavy atom. The van der Waals surface area contributed by atoms with Crippen LogP contribution in [-0.4, -0.2) is 121 Å². The van der Waals surface area contributed by atoms with Crippen LogP contribution in [0.2, 0.25) is 0 Å². The number of Topliss-reactive ketones (excluding diaryl/α,β-unsaturated/α-hetero) is 1. The highest BCUT2D eigenvalue weighted by Crippen LogP contribution is 2.37. The maximum absolute atomic E-state index is 14.1. The van der Waals surface area contributed by atoms with Gasteiger partial charge in [-0.3, -0.25) is 9.59 Å². The van der Waals surface area contributed by atoms with Crippen molar-refractivity contribution in [1.29, 1.82) is 0 Å². The first kappa shape index (κ1) is 37.0. The molecule has 11 nitrogen and oxygen atoms in total. The van der Waals surface area contributed by atoms with Crippen LogP contribution >= 0.6 is 0 Å². The van der Waals surface area contributed by atoms with Gasteiger partial charge >= 0.3 is 5.97 Å². The Morgan fingerprint density at radius 2 is 1.75 bits per heavy atom. The second-order valence-corrected chi connectivity index (χ2v) is 14.0. The molecule has 11 heteroatoms. The first-order chi connectivity index (χ1) is 20.5. The first-order valence-electron chi connectivity index (χ1n) is 16.3. The Bertz CT molecular complexity index is 990. The van der Waals surface area contributed by atoms with E-state index in [0.29, 0.717) is 25.8 Å². The number of ketones is 1. The van der Waals surface area contributed by atoms with E-state index in [2.05, 4.69) is 12.2 Å². The highest BCUT2D eigenvalue weighted by Gasteiger charge is 2.50. The van der Waals surface area contributed by atoms with E-state index in [4.69, 9.17) is 23.7 Å². The van der Waals surface area contributed by atoms with E-state index in [1.807, 2.05) is 58.8 Å². The third-order valence-corrected chi connectivity index (χ3v) is 9.74. The molecule has 3 rings (SSSR count). The molecule has 3 heterocycles. The SMILES string of the molecule is CC[C@H]1OC(=O)C(C)C(=O)[C@H](C)[C@@H](O[C@@H]2O[C@H](C)C[C@H](N(C)C)[C@H]2O)[C@@]2(C)C[C@@H](C)CN[C@H](C)[C@@H](OC/C=C\CO2)[C@]1(C)O. The van der Waals surface area contributed by atoms with Crippen LogP contribution in [0.5, 0.6) is 0 Å². The predicted octanol–water partition coefficient (Wildman–Crippen LogP) is 2.46. The van der Waals surface area contributed by atoms with Gasteiger partial charge in [-0.25, -0.2) is 0 Å². The quantitative estimate of drug-likeness (QED) is 0.241. The van der Waals surface area contributed by atoms with Gasteiger partial charge < -0.3 is 44.1 Å². The summed E-state index contributed by atoms with van der Waals surface area (Å²) < 4.78 is 31.5. The third kappa shape index (κ3) is 8.47. The minimum Gasteiger partial charge on any atom is -0.459 e. The highest BCUT2D eigenvalue weighted by atomic mass is 16.7. The Hall–Kier alpha value is -1.44. The number of carbonyl (C=O) groups excluding carboxylic acids is 2. The maximum atomic E-state index is 14.1. The lowest BCUT2D eigenvalue weighted by Gasteiger charge is -2.47. The molecule has 3 aliphatic rings. The lowest BCUT2D eigenvalue weighted by atomic mass is 9.78. The molecule has 13 atom stereocenters. The summed E-state index contributed by atoms with van der Waals surface area (Å²) in [4.78, 5) is 29.5. The molecule has 0 aromatic heterocycles. The smallest absolute Gasteiger partial charge is 0.316 e. The topological polar surface area (TPSA) is 136 Å². The van der Waals surface area contributed by atoms with Crippen LogP contribution in [0.1, 0.15) is 74.7 Å². The van der Waals surface area contributed by atoms with Gasteiger partial charge in [0, 0.05) is 18.0 Å². The van der Waals surface area contributed by atoms with Crippen molar-refractivity contribution in [2.24, 2.45) is 17.8 Å². The van der Waals surface area contributed by atoms with E-state index in [0.717, 1.165) is 0 Å². The molecule has 0 aliphatic carbocycles. The summed E-state index contributed by atoms with van der Waals surface area (Å²) >= 11 is 0. The van der Waals surface area contributed by atoms with Crippen LogP contribution < -0.4 is 5.32 Å². The zero-order valence-corrected chi connectivity index (χ0v) is 28.4. The number of cyclic esters (lactones) is 1. The maximum Gasteiger partial charge on any atom is 0.316 e. The number of hydrogen-bond donors (Lipinski definition) is 3. The molecule has 2 fully saturated rings. The lowest BCUT2D eigenvalue weighted by molar-refractivity contribution is -0.296. The molecule has 0 aromatic rings. The number of hydrogen-bond acceptors (Lipinski definition) is 11. The van der Waals surface area contributed by atoms with Gasteiger partial charge in [0.15, 0.2) is 12.1 Å². The number of nitrogens with one attached hydrogen (secondary N) is 1. The van der Waals surface area contributed by atoms with Gasteiger partial charge in [0.2, 0.25) is 0 Å². The van der Waals surface area contributed by atoms with Gasteiger partial charge in [0.1, 0.15) is 29.8 Å². The van der Waals surface area contributed by atoms with Crippen LogP contribution in [-0.2, 0) is 33.3 Å². The minimum absolute atomic E-state index is 0.0410.